The van der Waals surface area contributed by atoms with Crippen LogP contribution in [0.25, 0.3) is 0 Å². The van der Waals surface area contributed by atoms with Crippen molar-refractivity contribution in [1.29, 1.82) is 0 Å². The Hall–Kier alpha value is -0.620. The average molecular weight is 361 g/mol. The largest absolute Gasteiger partial charge is 0.333 e. The lowest BCUT2D eigenvalue weighted by molar-refractivity contribution is 0.103. The second kappa shape index (κ2) is 6.48. The minimum Gasteiger partial charge on any atom is -0.307 e. The van der Waals surface area contributed by atoms with Gasteiger partial charge in [0, 0.05) is 12.7 Å². The fourth-order valence-electron chi connectivity index (χ4n) is 3.20. The van der Waals surface area contributed by atoms with Gasteiger partial charge in [0.1, 0.15) is 12.2 Å². The van der Waals surface area contributed by atoms with Gasteiger partial charge in [-0.15, -0.1) is 0 Å². The summed E-state index contributed by atoms with van der Waals surface area (Å²) in [5, 5.41) is 3.64. The summed E-state index contributed by atoms with van der Waals surface area (Å²) in [5.74, 6) is 0.816. The molecule has 2 amide bonds. The molecule has 0 heterocycles. The molecule has 22 heavy (non-hydrogen) atoms. The third-order valence-electron chi connectivity index (χ3n) is 4.46. The molecule has 2 aliphatic carbocycles. The molecular weight excluding hydrogens is 343 g/mol. The van der Waals surface area contributed by atoms with Crippen molar-refractivity contribution in [2.24, 2.45) is 5.92 Å². The maximum atomic E-state index is 12.2. The van der Waals surface area contributed by atoms with Crippen molar-refractivity contribution in [3.63, 3.8) is 0 Å². The van der Waals surface area contributed by atoms with Crippen molar-refractivity contribution in [3.05, 3.63) is 28.2 Å². The number of nitrogens with zero attached hydrogens (tertiary/aromatic N) is 1. The van der Waals surface area contributed by atoms with E-state index in [1.54, 1.807) is 25.2 Å². The van der Waals surface area contributed by atoms with Crippen LogP contribution in [0.2, 0.25) is 10.0 Å². The summed E-state index contributed by atoms with van der Waals surface area (Å²) >= 11 is 12.9. The number of carbonyl (C=O) groups is 1. The third-order valence-corrected chi connectivity index (χ3v) is 6.02. The number of nitrogens with one attached hydrogen (secondary N) is 1. The zero-order chi connectivity index (χ0) is 15.7. The van der Waals surface area contributed by atoms with Crippen molar-refractivity contribution in [2.45, 2.75) is 37.7 Å². The Balaban J connectivity index is 1.52. The molecule has 0 spiro atoms. The topological polar surface area (TPSA) is 41.6 Å². The molecule has 0 unspecified atom stereocenters. The lowest BCUT2D eigenvalue weighted by atomic mass is 9.98. The first-order chi connectivity index (χ1) is 10.5. The van der Waals surface area contributed by atoms with Crippen LogP contribution in [0.3, 0.4) is 0 Å². The van der Waals surface area contributed by atoms with Gasteiger partial charge < -0.3 is 5.32 Å². The van der Waals surface area contributed by atoms with Gasteiger partial charge in [-0.1, -0.05) is 23.2 Å². The molecular formula is C15H18Cl2N2O2S. The first-order valence-corrected chi connectivity index (χ1v) is 8.78. The summed E-state index contributed by atoms with van der Waals surface area (Å²) < 4.78 is 7.44. The van der Waals surface area contributed by atoms with E-state index < -0.39 is 0 Å². The highest BCUT2D eigenvalue weighted by Crippen LogP contribution is 2.51. The molecule has 0 saturated heterocycles. The minimum atomic E-state index is -0.257. The van der Waals surface area contributed by atoms with Crippen LogP contribution in [0.1, 0.15) is 32.1 Å². The maximum Gasteiger partial charge on any atom is 0.333 e. The summed E-state index contributed by atoms with van der Waals surface area (Å²) in [6.45, 7) is 0. The number of amides is 2. The number of hydrogen-bond donors (Lipinski definition) is 1. The van der Waals surface area contributed by atoms with Crippen LogP contribution >= 0.6 is 35.4 Å². The van der Waals surface area contributed by atoms with E-state index in [1.165, 1.54) is 17.1 Å². The van der Waals surface area contributed by atoms with Gasteiger partial charge in [-0.25, -0.2) is 9.10 Å². The van der Waals surface area contributed by atoms with Crippen LogP contribution in [0.4, 0.5) is 10.5 Å². The van der Waals surface area contributed by atoms with Gasteiger partial charge in [0.25, 0.3) is 0 Å². The van der Waals surface area contributed by atoms with E-state index in [1.807, 2.05) is 0 Å². The Morgan fingerprint density at radius 2 is 2.09 bits per heavy atom. The number of benzene rings is 1. The number of urea groups is 1. The summed E-state index contributed by atoms with van der Waals surface area (Å²) in [7, 11) is 1.69. The van der Waals surface area contributed by atoms with Crippen molar-refractivity contribution in [1.82, 2.24) is 4.31 Å². The molecule has 7 heteroatoms. The van der Waals surface area contributed by atoms with Gasteiger partial charge >= 0.3 is 6.03 Å². The van der Waals surface area contributed by atoms with Gasteiger partial charge in [0.2, 0.25) is 0 Å². The number of anilines is 1. The molecule has 120 valence electrons. The smallest absolute Gasteiger partial charge is 0.307 e. The van der Waals surface area contributed by atoms with Gasteiger partial charge in [0.05, 0.1) is 15.6 Å². The standard InChI is InChI=1S/C15H18Cl2N2O2S/c1-19(22-21-15-6-4-10(9-15)5-7-15)14(20)18-11-2-3-12(16)13(17)8-11/h2-3,8,10H,4-7,9H2,1H3,(H,18,20). The van der Waals surface area contributed by atoms with Crippen molar-refractivity contribution in [3.8, 4) is 0 Å². The lowest BCUT2D eigenvalue weighted by Gasteiger charge is -2.27. The van der Waals surface area contributed by atoms with Crippen LogP contribution in [0.5, 0.6) is 0 Å². The van der Waals surface area contributed by atoms with Crippen molar-refractivity contribution in [2.75, 3.05) is 12.4 Å². The predicted octanol–water partition coefficient (Wildman–Crippen LogP) is 5.37. The molecule has 3 rings (SSSR count). The molecule has 0 atom stereocenters. The number of hydrogen-bond acceptors (Lipinski definition) is 3. The van der Waals surface area contributed by atoms with Gasteiger partial charge in [0.15, 0.2) is 0 Å². The monoisotopic (exact) mass is 360 g/mol. The fraction of sp³-hybridized carbons (Fsp3) is 0.533. The second-order valence-electron chi connectivity index (χ2n) is 6.04. The minimum absolute atomic E-state index is 0.0204. The molecule has 4 nitrogen and oxygen atoms in total. The van der Waals surface area contributed by atoms with Crippen LogP contribution in [-0.2, 0) is 4.18 Å². The zero-order valence-electron chi connectivity index (χ0n) is 12.3. The summed E-state index contributed by atoms with van der Waals surface area (Å²) in [4.78, 5) is 12.2. The molecule has 2 bridgehead atoms. The Kier molecular flexibility index (Phi) is 4.78. The highest BCUT2D eigenvalue weighted by atomic mass is 35.5. The van der Waals surface area contributed by atoms with E-state index in [-0.39, 0.29) is 11.6 Å². The quantitative estimate of drug-likeness (QED) is 0.579. The summed E-state index contributed by atoms with van der Waals surface area (Å²) in [5.41, 5.74) is 0.583. The molecule has 2 saturated carbocycles. The highest BCUT2D eigenvalue weighted by Gasteiger charge is 2.46. The average Bonchev–Trinajstić information content (AvgIpc) is 3.09. The van der Waals surface area contributed by atoms with E-state index in [4.69, 9.17) is 27.4 Å². The molecule has 1 N–H and O–H groups in total. The Bertz CT molecular complexity index is 577. The Labute approximate surface area is 144 Å². The number of halogens is 2. The van der Waals surface area contributed by atoms with E-state index in [0.29, 0.717) is 15.7 Å². The SMILES string of the molecule is CN(SOC12CCC(CC1)C2)C(=O)Nc1ccc(Cl)c(Cl)c1. The van der Waals surface area contributed by atoms with Crippen LogP contribution < -0.4 is 5.32 Å². The summed E-state index contributed by atoms with van der Waals surface area (Å²) in [6.07, 6.45) is 5.83. The van der Waals surface area contributed by atoms with E-state index in [9.17, 15) is 4.79 Å². The normalized spacial score (nSPS) is 26.2. The molecule has 0 aliphatic heterocycles. The molecule has 2 fully saturated rings. The van der Waals surface area contributed by atoms with Crippen molar-refractivity contribution < 1.29 is 8.98 Å². The number of carbonyl (C=O) groups excluding carboxylic acids is 1. The van der Waals surface area contributed by atoms with Crippen molar-refractivity contribution >= 4 is 47.1 Å². The molecule has 0 radical (unpaired) electrons. The second-order valence-corrected chi connectivity index (χ2v) is 7.72. The summed E-state index contributed by atoms with van der Waals surface area (Å²) in [6, 6.07) is 4.73. The number of rotatable bonds is 4. The molecule has 0 aromatic heterocycles. The van der Waals surface area contributed by atoms with Crippen LogP contribution in [0.15, 0.2) is 18.2 Å². The molecule has 1 aromatic carbocycles. The molecule has 1 aromatic rings. The highest BCUT2D eigenvalue weighted by molar-refractivity contribution is 7.92. The van der Waals surface area contributed by atoms with E-state index in [2.05, 4.69) is 5.32 Å². The first kappa shape index (κ1) is 16.2. The first-order valence-electron chi connectivity index (χ1n) is 7.33. The maximum absolute atomic E-state index is 12.2. The van der Waals surface area contributed by atoms with Gasteiger partial charge in [-0.3, -0.25) is 4.18 Å². The van der Waals surface area contributed by atoms with Crippen LogP contribution in [-0.4, -0.2) is 23.0 Å². The van der Waals surface area contributed by atoms with Crippen LogP contribution in [0, 0.1) is 5.92 Å². The third kappa shape index (κ3) is 3.48. The molecule has 2 aliphatic rings. The fourth-order valence-corrected chi connectivity index (χ4v) is 4.12. The van der Waals surface area contributed by atoms with Gasteiger partial charge in [-0.2, -0.15) is 0 Å². The Morgan fingerprint density at radius 3 is 2.68 bits per heavy atom. The lowest BCUT2D eigenvalue weighted by Crippen LogP contribution is -2.30. The van der Waals surface area contributed by atoms with E-state index >= 15 is 0 Å². The number of fused-ring (bicyclic) bond motifs is 2. The zero-order valence-corrected chi connectivity index (χ0v) is 14.6. The van der Waals surface area contributed by atoms with Gasteiger partial charge in [-0.05, 0) is 56.2 Å². The predicted molar refractivity (Wildman–Crippen MR) is 91.2 cm³/mol. The van der Waals surface area contributed by atoms with E-state index in [0.717, 1.165) is 37.4 Å². The Morgan fingerprint density at radius 1 is 1.36 bits per heavy atom.